The maximum atomic E-state index is 11.6. The van der Waals surface area contributed by atoms with Crippen LogP contribution in [-0.2, 0) is 9.59 Å². The van der Waals surface area contributed by atoms with Gasteiger partial charge in [-0.15, -0.1) is 0 Å². The first-order chi connectivity index (χ1) is 9.31. The number of hydrogen-bond donors (Lipinski definition) is 2. The number of rotatable bonds is 10. The number of carbonyl (C=O) groups is 2. The summed E-state index contributed by atoms with van der Waals surface area (Å²) in [5, 5.41) is 28.1. The maximum absolute atomic E-state index is 11.6. The summed E-state index contributed by atoms with van der Waals surface area (Å²) < 4.78 is 0. The van der Waals surface area contributed by atoms with E-state index >= 15 is 0 Å². The Kier molecular flexibility index (Phi) is 7.90. The molecule has 5 heteroatoms. The monoisotopic (exact) mass is 283 g/mol. The summed E-state index contributed by atoms with van der Waals surface area (Å²) in [7, 11) is 0. The number of carboxylic acids is 2. The molecule has 0 rings (SSSR count). The number of hydrogen-bond acceptors (Lipinski definition) is 3. The van der Waals surface area contributed by atoms with E-state index in [9.17, 15) is 25.1 Å². The van der Waals surface area contributed by atoms with E-state index in [1.807, 2.05) is 20.8 Å². The number of carboxylic acid groups (broad SMARTS) is 2. The molecule has 5 nitrogen and oxygen atoms in total. The van der Waals surface area contributed by atoms with E-state index in [1.165, 1.54) is 0 Å². The van der Waals surface area contributed by atoms with Crippen molar-refractivity contribution in [2.45, 2.75) is 59.3 Å². The number of nitrogens with zero attached hydrogens (tertiary/aromatic N) is 1. The summed E-state index contributed by atoms with van der Waals surface area (Å²) in [5.74, 6) is -3.37. The molecule has 0 spiro atoms. The van der Waals surface area contributed by atoms with Gasteiger partial charge >= 0.3 is 11.9 Å². The Morgan fingerprint density at radius 2 is 1.80 bits per heavy atom. The zero-order chi connectivity index (χ0) is 15.8. The largest absolute Gasteiger partial charge is 0.481 e. The molecule has 2 unspecified atom stereocenters. The molecule has 0 aromatic carbocycles. The van der Waals surface area contributed by atoms with E-state index in [0.717, 1.165) is 12.8 Å². The van der Waals surface area contributed by atoms with E-state index in [1.54, 1.807) is 6.07 Å². The maximum Gasteiger partial charge on any atom is 0.324 e. The summed E-state index contributed by atoms with van der Waals surface area (Å²) in [4.78, 5) is 23.0. The number of aliphatic carboxylic acids is 2. The summed E-state index contributed by atoms with van der Waals surface area (Å²) in [6.45, 7) is 5.87. The fraction of sp³-hybridized carbons (Fsp3) is 0.800. The van der Waals surface area contributed by atoms with Crippen LogP contribution in [0.15, 0.2) is 0 Å². The van der Waals surface area contributed by atoms with Crippen molar-refractivity contribution in [1.29, 1.82) is 5.26 Å². The van der Waals surface area contributed by atoms with Crippen LogP contribution in [0, 0.1) is 28.6 Å². The van der Waals surface area contributed by atoms with Crippen molar-refractivity contribution in [1.82, 2.24) is 0 Å². The van der Waals surface area contributed by atoms with Gasteiger partial charge in [-0.05, 0) is 18.8 Å². The Morgan fingerprint density at radius 1 is 1.20 bits per heavy atom. The normalized spacial score (nSPS) is 15.3. The molecule has 0 heterocycles. The molecule has 0 saturated carbocycles. The lowest BCUT2D eigenvalue weighted by Crippen LogP contribution is -2.42. The zero-order valence-electron chi connectivity index (χ0n) is 12.6. The molecule has 0 bridgehead atoms. The molecule has 0 amide bonds. The topological polar surface area (TPSA) is 98.4 Å². The summed E-state index contributed by atoms with van der Waals surface area (Å²) in [6.07, 6.45) is 3.17. The molecule has 0 aliphatic carbocycles. The Bertz CT molecular complexity index is 373. The first kappa shape index (κ1) is 18.4. The van der Waals surface area contributed by atoms with Gasteiger partial charge in [0.2, 0.25) is 0 Å². The zero-order valence-corrected chi connectivity index (χ0v) is 12.6. The van der Waals surface area contributed by atoms with Crippen LogP contribution in [0.4, 0.5) is 0 Å². The average molecular weight is 283 g/mol. The van der Waals surface area contributed by atoms with Gasteiger partial charge in [0.1, 0.15) is 0 Å². The summed E-state index contributed by atoms with van der Waals surface area (Å²) in [5.41, 5.74) is -1.81. The molecule has 114 valence electrons. The molecule has 0 aromatic heterocycles. The van der Waals surface area contributed by atoms with Gasteiger partial charge in [0.25, 0.3) is 0 Å². The van der Waals surface area contributed by atoms with Crippen molar-refractivity contribution < 1.29 is 19.8 Å². The SMILES string of the molecule is CCCCCC(C#N)(C(=O)O)C(CCC(C)C)C(=O)O. The quantitative estimate of drug-likeness (QED) is 0.599. The lowest BCUT2D eigenvalue weighted by molar-refractivity contribution is -0.159. The Morgan fingerprint density at radius 3 is 2.15 bits per heavy atom. The Hall–Kier alpha value is -1.57. The standard InChI is InChI=1S/C15H25NO4/c1-4-5-6-9-15(10-16,14(19)20)12(13(17)18)8-7-11(2)3/h11-12H,4-9H2,1-3H3,(H,17,18)(H,19,20). The molecule has 2 N–H and O–H groups in total. The summed E-state index contributed by atoms with van der Waals surface area (Å²) >= 11 is 0. The molecule has 20 heavy (non-hydrogen) atoms. The molecule has 0 aromatic rings. The molecular formula is C15H25NO4. The van der Waals surface area contributed by atoms with Gasteiger partial charge < -0.3 is 10.2 Å². The third kappa shape index (κ3) is 4.84. The first-order valence-corrected chi connectivity index (χ1v) is 7.19. The fourth-order valence-electron chi connectivity index (χ4n) is 2.35. The molecule has 0 aliphatic heterocycles. The first-order valence-electron chi connectivity index (χ1n) is 7.19. The van der Waals surface area contributed by atoms with Crippen molar-refractivity contribution >= 4 is 11.9 Å². The molecular weight excluding hydrogens is 258 g/mol. The smallest absolute Gasteiger partial charge is 0.324 e. The Balaban J connectivity index is 5.25. The lowest BCUT2D eigenvalue weighted by atomic mass is 9.70. The van der Waals surface area contributed by atoms with Crippen LogP contribution < -0.4 is 0 Å². The molecule has 2 atom stereocenters. The lowest BCUT2D eigenvalue weighted by Gasteiger charge is -2.29. The van der Waals surface area contributed by atoms with Crippen molar-refractivity contribution in [3.8, 4) is 6.07 Å². The second kappa shape index (κ2) is 8.57. The van der Waals surface area contributed by atoms with Crippen LogP contribution in [0.5, 0.6) is 0 Å². The van der Waals surface area contributed by atoms with Crippen LogP contribution in [0.1, 0.15) is 59.3 Å². The van der Waals surface area contributed by atoms with Crippen LogP contribution in [0.3, 0.4) is 0 Å². The fourth-order valence-corrected chi connectivity index (χ4v) is 2.35. The second-order valence-corrected chi connectivity index (χ2v) is 5.71. The minimum absolute atomic E-state index is 0.0989. The molecule has 0 radical (unpaired) electrons. The van der Waals surface area contributed by atoms with Crippen LogP contribution in [-0.4, -0.2) is 22.2 Å². The van der Waals surface area contributed by atoms with Crippen LogP contribution in [0.2, 0.25) is 0 Å². The highest BCUT2D eigenvalue weighted by Crippen LogP contribution is 2.37. The molecule has 0 fully saturated rings. The molecule has 0 saturated heterocycles. The minimum Gasteiger partial charge on any atom is -0.481 e. The van der Waals surface area contributed by atoms with Gasteiger partial charge in [0, 0.05) is 0 Å². The van der Waals surface area contributed by atoms with Gasteiger partial charge in [0.05, 0.1) is 12.0 Å². The summed E-state index contributed by atoms with van der Waals surface area (Å²) in [6, 6.07) is 1.80. The second-order valence-electron chi connectivity index (χ2n) is 5.71. The third-order valence-electron chi connectivity index (χ3n) is 3.68. The van der Waals surface area contributed by atoms with Gasteiger partial charge in [-0.25, -0.2) is 0 Å². The highest BCUT2D eigenvalue weighted by molar-refractivity contribution is 5.86. The predicted molar refractivity (Wildman–Crippen MR) is 75.0 cm³/mol. The van der Waals surface area contributed by atoms with E-state index in [-0.39, 0.29) is 18.8 Å². The van der Waals surface area contributed by atoms with E-state index in [2.05, 4.69) is 0 Å². The predicted octanol–water partition coefficient (Wildman–Crippen LogP) is 3.30. The van der Waals surface area contributed by atoms with Crippen molar-refractivity contribution in [2.24, 2.45) is 17.3 Å². The van der Waals surface area contributed by atoms with Crippen molar-refractivity contribution in [3.05, 3.63) is 0 Å². The van der Waals surface area contributed by atoms with Gasteiger partial charge in [-0.3, -0.25) is 9.59 Å². The van der Waals surface area contributed by atoms with Gasteiger partial charge in [-0.1, -0.05) is 46.5 Å². The number of unbranched alkanes of at least 4 members (excludes halogenated alkanes) is 2. The van der Waals surface area contributed by atoms with E-state index in [4.69, 9.17) is 0 Å². The van der Waals surface area contributed by atoms with Crippen molar-refractivity contribution in [2.75, 3.05) is 0 Å². The van der Waals surface area contributed by atoms with Crippen molar-refractivity contribution in [3.63, 3.8) is 0 Å². The van der Waals surface area contributed by atoms with Crippen LogP contribution >= 0.6 is 0 Å². The highest BCUT2D eigenvalue weighted by Gasteiger charge is 2.49. The van der Waals surface area contributed by atoms with Gasteiger partial charge in [0.15, 0.2) is 5.41 Å². The Labute approximate surface area is 120 Å². The average Bonchev–Trinajstić information content (AvgIpc) is 2.35. The number of nitriles is 1. The van der Waals surface area contributed by atoms with Crippen LogP contribution in [0.25, 0.3) is 0 Å². The van der Waals surface area contributed by atoms with Gasteiger partial charge in [-0.2, -0.15) is 5.26 Å². The third-order valence-corrected chi connectivity index (χ3v) is 3.68. The minimum atomic E-state index is -1.81. The molecule has 0 aliphatic rings. The highest BCUT2D eigenvalue weighted by atomic mass is 16.4. The van der Waals surface area contributed by atoms with E-state index in [0.29, 0.717) is 12.8 Å². The van der Waals surface area contributed by atoms with E-state index < -0.39 is 23.3 Å².